The van der Waals surface area contributed by atoms with Crippen molar-refractivity contribution < 1.29 is 14.3 Å². The van der Waals surface area contributed by atoms with Crippen molar-refractivity contribution >= 4 is 29.0 Å². The molecular formula is C26H31N5O3. The number of methoxy groups -OCH3 is 1. The largest absolute Gasteiger partial charge is 0.497 e. The van der Waals surface area contributed by atoms with Crippen LogP contribution in [-0.4, -0.2) is 41.8 Å². The van der Waals surface area contributed by atoms with Crippen LogP contribution in [0.5, 0.6) is 5.75 Å². The first-order valence-electron chi connectivity index (χ1n) is 11.6. The maximum Gasteiger partial charge on any atom is 0.227 e. The van der Waals surface area contributed by atoms with Crippen LogP contribution in [0, 0.1) is 12.8 Å². The van der Waals surface area contributed by atoms with E-state index < -0.39 is 0 Å². The van der Waals surface area contributed by atoms with Crippen LogP contribution in [0.15, 0.2) is 54.6 Å². The molecule has 1 fully saturated rings. The molecule has 2 amide bonds. The van der Waals surface area contributed by atoms with Gasteiger partial charge in [-0.2, -0.15) is 5.10 Å². The van der Waals surface area contributed by atoms with Crippen LogP contribution in [0.2, 0.25) is 0 Å². The minimum absolute atomic E-state index is 0.0251. The van der Waals surface area contributed by atoms with Crippen molar-refractivity contribution in [2.75, 3.05) is 35.7 Å². The van der Waals surface area contributed by atoms with Crippen molar-refractivity contribution in [2.45, 2.75) is 33.1 Å². The molecule has 8 nitrogen and oxygen atoms in total. The van der Waals surface area contributed by atoms with Crippen molar-refractivity contribution in [1.29, 1.82) is 0 Å². The fourth-order valence-electron chi connectivity index (χ4n) is 4.20. The summed E-state index contributed by atoms with van der Waals surface area (Å²) in [5, 5.41) is 10.8. The average molecular weight is 462 g/mol. The molecule has 4 rings (SSSR count). The number of aromatic nitrogens is 2. The SMILES string of the molecule is CCC(=O)Nc1c(C)nn(-c2ccccc2)c1N1CCC(C(=O)Nc2ccc(OC)cc2)CC1. The van der Waals surface area contributed by atoms with Gasteiger partial charge in [0.15, 0.2) is 5.82 Å². The molecule has 0 bridgehead atoms. The Hall–Kier alpha value is -3.81. The first-order valence-corrected chi connectivity index (χ1v) is 11.6. The molecule has 1 aromatic heterocycles. The monoisotopic (exact) mass is 461 g/mol. The molecule has 34 heavy (non-hydrogen) atoms. The summed E-state index contributed by atoms with van der Waals surface area (Å²) in [5.74, 6) is 1.51. The predicted octanol–water partition coefficient (Wildman–Crippen LogP) is 4.39. The number of benzene rings is 2. The van der Waals surface area contributed by atoms with E-state index >= 15 is 0 Å². The molecule has 1 aliphatic rings. The van der Waals surface area contributed by atoms with E-state index in [9.17, 15) is 9.59 Å². The maximum absolute atomic E-state index is 12.9. The molecule has 1 saturated heterocycles. The van der Waals surface area contributed by atoms with Gasteiger partial charge in [0, 0.05) is 31.1 Å². The number of nitrogens with one attached hydrogen (secondary N) is 2. The third-order valence-corrected chi connectivity index (χ3v) is 6.15. The van der Waals surface area contributed by atoms with E-state index in [1.807, 2.05) is 73.1 Å². The zero-order chi connectivity index (χ0) is 24.1. The summed E-state index contributed by atoms with van der Waals surface area (Å²) >= 11 is 0. The highest BCUT2D eigenvalue weighted by molar-refractivity contribution is 5.95. The van der Waals surface area contributed by atoms with Crippen molar-refractivity contribution in [2.24, 2.45) is 5.92 Å². The van der Waals surface area contributed by atoms with Crippen LogP contribution >= 0.6 is 0 Å². The summed E-state index contributed by atoms with van der Waals surface area (Å²) in [6.07, 6.45) is 1.81. The molecule has 8 heteroatoms. The van der Waals surface area contributed by atoms with Gasteiger partial charge in [-0.1, -0.05) is 25.1 Å². The highest BCUT2D eigenvalue weighted by atomic mass is 16.5. The molecule has 2 N–H and O–H groups in total. The van der Waals surface area contributed by atoms with Gasteiger partial charge in [-0.3, -0.25) is 9.59 Å². The van der Waals surface area contributed by atoms with Crippen LogP contribution in [0.25, 0.3) is 5.69 Å². The van der Waals surface area contributed by atoms with Crippen LogP contribution in [0.4, 0.5) is 17.2 Å². The van der Waals surface area contributed by atoms with Gasteiger partial charge in [0.1, 0.15) is 11.4 Å². The molecule has 178 valence electrons. The molecule has 0 saturated carbocycles. The summed E-state index contributed by atoms with van der Waals surface area (Å²) in [6, 6.07) is 17.2. The minimum atomic E-state index is -0.0822. The van der Waals surface area contributed by atoms with Gasteiger partial charge in [-0.25, -0.2) is 4.68 Å². The van der Waals surface area contributed by atoms with Gasteiger partial charge in [0.2, 0.25) is 11.8 Å². The number of anilines is 3. The number of para-hydroxylation sites is 1. The lowest BCUT2D eigenvalue weighted by atomic mass is 9.95. The summed E-state index contributed by atoms with van der Waals surface area (Å²) in [6.45, 7) is 5.11. The fraction of sp³-hybridized carbons (Fsp3) is 0.346. The molecular weight excluding hydrogens is 430 g/mol. The fourth-order valence-corrected chi connectivity index (χ4v) is 4.20. The maximum atomic E-state index is 12.9. The number of hydrogen-bond donors (Lipinski definition) is 2. The molecule has 0 atom stereocenters. The molecule has 2 aromatic carbocycles. The predicted molar refractivity (Wildman–Crippen MR) is 134 cm³/mol. The second kappa shape index (κ2) is 10.4. The second-order valence-corrected chi connectivity index (χ2v) is 8.41. The first-order chi connectivity index (χ1) is 16.5. The van der Waals surface area contributed by atoms with E-state index in [4.69, 9.17) is 9.84 Å². The number of aryl methyl sites for hydroxylation is 1. The number of ether oxygens (including phenoxy) is 1. The van der Waals surface area contributed by atoms with Crippen LogP contribution < -0.4 is 20.3 Å². The lowest BCUT2D eigenvalue weighted by molar-refractivity contribution is -0.120. The van der Waals surface area contributed by atoms with Crippen molar-refractivity contribution in [3.05, 3.63) is 60.3 Å². The third kappa shape index (κ3) is 5.06. The Morgan fingerprint density at radius 1 is 1.03 bits per heavy atom. The Kier molecular flexibility index (Phi) is 7.15. The summed E-state index contributed by atoms with van der Waals surface area (Å²) in [4.78, 5) is 27.3. The average Bonchev–Trinajstić information content (AvgIpc) is 3.20. The van der Waals surface area contributed by atoms with Crippen LogP contribution in [-0.2, 0) is 9.59 Å². The second-order valence-electron chi connectivity index (χ2n) is 8.41. The van der Waals surface area contributed by atoms with E-state index in [1.165, 1.54) is 0 Å². The van der Waals surface area contributed by atoms with E-state index in [-0.39, 0.29) is 17.7 Å². The summed E-state index contributed by atoms with van der Waals surface area (Å²) in [7, 11) is 1.62. The number of carbonyl (C=O) groups is 2. The van der Waals surface area contributed by atoms with Gasteiger partial charge in [-0.05, 0) is 56.2 Å². The van der Waals surface area contributed by atoms with Gasteiger partial charge >= 0.3 is 0 Å². The number of carbonyl (C=O) groups excluding carboxylic acids is 2. The lowest BCUT2D eigenvalue weighted by Crippen LogP contribution is -2.39. The van der Waals surface area contributed by atoms with E-state index in [1.54, 1.807) is 7.11 Å². The summed E-state index contributed by atoms with van der Waals surface area (Å²) < 4.78 is 7.06. The van der Waals surface area contributed by atoms with Gasteiger partial charge in [0.25, 0.3) is 0 Å². The molecule has 0 radical (unpaired) electrons. The topological polar surface area (TPSA) is 88.5 Å². The minimum Gasteiger partial charge on any atom is -0.497 e. The highest BCUT2D eigenvalue weighted by Crippen LogP contribution is 2.35. The third-order valence-electron chi connectivity index (χ3n) is 6.15. The zero-order valence-corrected chi connectivity index (χ0v) is 19.9. The van der Waals surface area contributed by atoms with Gasteiger partial charge in [0.05, 0.1) is 18.5 Å². The summed E-state index contributed by atoms with van der Waals surface area (Å²) in [5.41, 5.74) is 3.18. The van der Waals surface area contributed by atoms with E-state index in [0.717, 1.165) is 34.3 Å². The molecule has 0 unspecified atom stereocenters. The Bertz CT molecular complexity index is 1130. The quantitative estimate of drug-likeness (QED) is 0.545. The van der Waals surface area contributed by atoms with Crippen LogP contribution in [0.1, 0.15) is 31.9 Å². The lowest BCUT2D eigenvalue weighted by Gasteiger charge is -2.33. The zero-order valence-electron chi connectivity index (χ0n) is 19.9. The van der Waals surface area contributed by atoms with Crippen LogP contribution in [0.3, 0.4) is 0 Å². The molecule has 0 aliphatic carbocycles. The number of rotatable bonds is 7. The number of piperidine rings is 1. The molecule has 2 heterocycles. The smallest absolute Gasteiger partial charge is 0.227 e. The Balaban J connectivity index is 1.51. The van der Waals surface area contributed by atoms with Gasteiger partial charge < -0.3 is 20.3 Å². The number of amides is 2. The first kappa shape index (κ1) is 23.4. The Morgan fingerprint density at radius 3 is 2.32 bits per heavy atom. The van der Waals surface area contributed by atoms with Crippen molar-refractivity contribution in [3.63, 3.8) is 0 Å². The van der Waals surface area contributed by atoms with E-state index in [2.05, 4.69) is 15.5 Å². The molecule has 0 spiro atoms. The van der Waals surface area contributed by atoms with E-state index in [0.29, 0.717) is 32.4 Å². The van der Waals surface area contributed by atoms with Crippen molar-refractivity contribution in [3.8, 4) is 11.4 Å². The number of nitrogens with zero attached hydrogens (tertiary/aromatic N) is 3. The standard InChI is InChI=1S/C26H31N5O3/c1-4-23(32)28-24-18(2)29-31(21-8-6-5-7-9-21)26(24)30-16-14-19(15-17-30)25(33)27-20-10-12-22(34-3)13-11-20/h5-13,19H,4,14-17H2,1-3H3,(H,27,33)(H,28,32). The Morgan fingerprint density at radius 2 is 1.71 bits per heavy atom. The Labute approximate surface area is 199 Å². The normalized spacial score (nSPS) is 14.0. The van der Waals surface area contributed by atoms with Crippen molar-refractivity contribution in [1.82, 2.24) is 9.78 Å². The molecule has 3 aromatic rings. The highest BCUT2D eigenvalue weighted by Gasteiger charge is 2.30. The van der Waals surface area contributed by atoms with Gasteiger partial charge in [-0.15, -0.1) is 0 Å². The number of hydrogen-bond acceptors (Lipinski definition) is 5. The molecule has 1 aliphatic heterocycles.